The Bertz CT molecular complexity index is 603. The molecule has 1 aromatic carbocycles. The lowest BCUT2D eigenvalue weighted by atomic mass is 10.2. The van der Waals surface area contributed by atoms with Gasteiger partial charge in [0.2, 0.25) is 10.0 Å². The van der Waals surface area contributed by atoms with Crippen LogP contribution in [-0.2, 0) is 16.6 Å². The summed E-state index contributed by atoms with van der Waals surface area (Å²) in [6.45, 7) is 2.42. The van der Waals surface area contributed by atoms with Crippen LogP contribution in [0.4, 0.5) is 4.39 Å². The molecule has 0 aromatic heterocycles. The molecular weight excluding hydrogens is 303 g/mol. The summed E-state index contributed by atoms with van der Waals surface area (Å²) in [6.07, 6.45) is 2.19. The Morgan fingerprint density at radius 2 is 2.10 bits per heavy atom. The standard InChI is InChI=1S/C13H18ClFN2O2S/c1-3-17(2)20(18,19)11-6-9(8-16-10-4-5-10)13(14)12(15)7-11/h6-7,10,16H,3-5,8H2,1-2H3. The van der Waals surface area contributed by atoms with Gasteiger partial charge in [-0.3, -0.25) is 0 Å². The highest BCUT2D eigenvalue weighted by Gasteiger charge is 2.24. The van der Waals surface area contributed by atoms with E-state index in [1.54, 1.807) is 6.92 Å². The number of sulfonamides is 1. The molecular formula is C13H18ClFN2O2S. The van der Waals surface area contributed by atoms with Gasteiger partial charge in [0.15, 0.2) is 0 Å². The third-order valence-electron chi connectivity index (χ3n) is 3.39. The molecule has 0 bridgehead atoms. The third kappa shape index (κ3) is 3.31. The Balaban J connectivity index is 2.34. The van der Waals surface area contributed by atoms with E-state index in [0.717, 1.165) is 18.9 Å². The first-order valence-corrected chi connectivity index (χ1v) is 8.35. The van der Waals surface area contributed by atoms with Gasteiger partial charge < -0.3 is 5.32 Å². The van der Waals surface area contributed by atoms with Gasteiger partial charge in [0.25, 0.3) is 0 Å². The lowest BCUT2D eigenvalue weighted by Crippen LogP contribution is -2.27. The van der Waals surface area contributed by atoms with E-state index >= 15 is 0 Å². The second-order valence-corrected chi connectivity index (χ2v) is 7.38. The summed E-state index contributed by atoms with van der Waals surface area (Å²) in [7, 11) is -2.20. The number of halogens is 2. The molecule has 1 aromatic rings. The second kappa shape index (κ2) is 5.97. The summed E-state index contributed by atoms with van der Waals surface area (Å²) in [4.78, 5) is -0.0589. The first kappa shape index (κ1) is 15.7. The van der Waals surface area contributed by atoms with Crippen molar-refractivity contribution in [2.24, 2.45) is 0 Å². The highest BCUT2D eigenvalue weighted by atomic mass is 35.5. The van der Waals surface area contributed by atoms with Crippen LogP contribution >= 0.6 is 11.6 Å². The minimum Gasteiger partial charge on any atom is -0.310 e. The predicted molar refractivity (Wildman–Crippen MR) is 76.8 cm³/mol. The van der Waals surface area contributed by atoms with Gasteiger partial charge in [-0.1, -0.05) is 18.5 Å². The van der Waals surface area contributed by atoms with Gasteiger partial charge >= 0.3 is 0 Å². The fourth-order valence-corrected chi connectivity index (χ4v) is 3.21. The number of nitrogens with zero attached hydrogens (tertiary/aromatic N) is 1. The van der Waals surface area contributed by atoms with Gasteiger partial charge in [-0.05, 0) is 30.5 Å². The predicted octanol–water partition coefficient (Wildman–Crippen LogP) is 2.37. The Labute approximate surface area is 124 Å². The van der Waals surface area contributed by atoms with Crippen LogP contribution in [0.2, 0.25) is 5.02 Å². The largest absolute Gasteiger partial charge is 0.310 e. The fraction of sp³-hybridized carbons (Fsp3) is 0.538. The number of hydrogen-bond acceptors (Lipinski definition) is 3. The first-order valence-electron chi connectivity index (χ1n) is 6.54. The molecule has 1 aliphatic rings. The van der Waals surface area contributed by atoms with E-state index in [0.29, 0.717) is 24.7 Å². The van der Waals surface area contributed by atoms with Crippen molar-refractivity contribution in [2.75, 3.05) is 13.6 Å². The molecule has 0 saturated heterocycles. The monoisotopic (exact) mass is 320 g/mol. The molecule has 0 heterocycles. The lowest BCUT2D eigenvalue weighted by Gasteiger charge is -2.16. The lowest BCUT2D eigenvalue weighted by molar-refractivity contribution is 0.485. The Hall–Kier alpha value is -0.690. The summed E-state index contributed by atoms with van der Waals surface area (Å²) in [6, 6.07) is 2.86. The number of rotatable bonds is 6. The molecule has 1 fully saturated rings. The van der Waals surface area contributed by atoms with Gasteiger partial charge in [0.1, 0.15) is 5.82 Å². The molecule has 0 aliphatic heterocycles. The zero-order chi connectivity index (χ0) is 14.9. The van der Waals surface area contributed by atoms with Crippen molar-refractivity contribution in [1.82, 2.24) is 9.62 Å². The van der Waals surface area contributed by atoms with Gasteiger partial charge in [0, 0.05) is 26.2 Å². The SMILES string of the molecule is CCN(C)S(=O)(=O)c1cc(F)c(Cl)c(CNC2CC2)c1. The highest BCUT2D eigenvalue weighted by Crippen LogP contribution is 2.27. The van der Waals surface area contributed by atoms with Crippen LogP contribution in [0, 0.1) is 5.82 Å². The van der Waals surface area contributed by atoms with Gasteiger partial charge in [-0.25, -0.2) is 17.1 Å². The average Bonchev–Trinajstić information content (AvgIpc) is 3.23. The molecule has 0 spiro atoms. The normalized spacial score (nSPS) is 15.8. The van der Waals surface area contributed by atoms with Crippen LogP contribution in [0.3, 0.4) is 0 Å². The van der Waals surface area contributed by atoms with Crippen LogP contribution in [0.15, 0.2) is 17.0 Å². The Kier molecular flexibility index (Phi) is 4.69. The number of benzene rings is 1. The molecule has 1 aliphatic carbocycles. The quantitative estimate of drug-likeness (QED) is 0.875. The zero-order valence-corrected chi connectivity index (χ0v) is 13.1. The summed E-state index contributed by atoms with van der Waals surface area (Å²) >= 11 is 5.91. The topological polar surface area (TPSA) is 49.4 Å². The van der Waals surface area contributed by atoms with Crippen LogP contribution in [0.5, 0.6) is 0 Å². The maximum atomic E-state index is 13.8. The van der Waals surface area contributed by atoms with E-state index in [1.807, 2.05) is 0 Å². The highest BCUT2D eigenvalue weighted by molar-refractivity contribution is 7.89. The maximum Gasteiger partial charge on any atom is 0.242 e. The van der Waals surface area contributed by atoms with Crippen molar-refractivity contribution in [3.63, 3.8) is 0 Å². The number of hydrogen-bond donors (Lipinski definition) is 1. The summed E-state index contributed by atoms with van der Waals surface area (Å²) < 4.78 is 39.5. The molecule has 0 atom stereocenters. The second-order valence-electron chi connectivity index (χ2n) is 4.95. The van der Waals surface area contributed by atoms with Crippen molar-refractivity contribution < 1.29 is 12.8 Å². The smallest absolute Gasteiger partial charge is 0.242 e. The van der Waals surface area contributed by atoms with Crippen LogP contribution in [0.25, 0.3) is 0 Å². The average molecular weight is 321 g/mol. The van der Waals surface area contributed by atoms with E-state index in [9.17, 15) is 12.8 Å². The zero-order valence-electron chi connectivity index (χ0n) is 11.5. The maximum absolute atomic E-state index is 13.8. The van der Waals surface area contributed by atoms with Crippen LogP contribution in [-0.4, -0.2) is 32.4 Å². The Morgan fingerprint density at radius 3 is 2.65 bits per heavy atom. The summed E-state index contributed by atoms with van der Waals surface area (Å²) in [5, 5.41) is 3.19. The number of nitrogens with one attached hydrogen (secondary N) is 1. The fourth-order valence-electron chi connectivity index (χ4n) is 1.79. The molecule has 1 saturated carbocycles. The van der Waals surface area contributed by atoms with Crippen molar-refractivity contribution in [3.05, 3.63) is 28.5 Å². The van der Waals surface area contributed by atoms with E-state index in [2.05, 4.69) is 5.32 Å². The Morgan fingerprint density at radius 1 is 1.45 bits per heavy atom. The van der Waals surface area contributed by atoms with Crippen molar-refractivity contribution >= 4 is 21.6 Å². The molecule has 4 nitrogen and oxygen atoms in total. The van der Waals surface area contributed by atoms with E-state index < -0.39 is 15.8 Å². The van der Waals surface area contributed by atoms with Crippen molar-refractivity contribution in [1.29, 1.82) is 0 Å². The van der Waals surface area contributed by atoms with Gasteiger partial charge in [-0.2, -0.15) is 0 Å². The van der Waals surface area contributed by atoms with E-state index in [1.165, 1.54) is 17.4 Å². The molecule has 1 N–H and O–H groups in total. The van der Waals surface area contributed by atoms with E-state index in [-0.39, 0.29) is 9.92 Å². The van der Waals surface area contributed by atoms with Crippen molar-refractivity contribution in [2.45, 2.75) is 37.2 Å². The molecule has 112 valence electrons. The molecule has 20 heavy (non-hydrogen) atoms. The van der Waals surface area contributed by atoms with Crippen molar-refractivity contribution in [3.8, 4) is 0 Å². The van der Waals surface area contributed by atoms with E-state index in [4.69, 9.17) is 11.6 Å². The first-order chi connectivity index (χ1) is 9.36. The molecule has 2 rings (SSSR count). The third-order valence-corrected chi connectivity index (χ3v) is 5.72. The van der Waals surface area contributed by atoms with Crippen LogP contribution < -0.4 is 5.32 Å². The van der Waals surface area contributed by atoms with Gasteiger partial charge in [0.05, 0.1) is 9.92 Å². The minimum absolute atomic E-state index is 0.0174. The molecule has 0 unspecified atom stereocenters. The van der Waals surface area contributed by atoms with Gasteiger partial charge in [-0.15, -0.1) is 0 Å². The summed E-state index contributed by atoms with van der Waals surface area (Å²) in [5.74, 6) is -0.704. The molecule has 0 amide bonds. The van der Waals surface area contributed by atoms with Crippen LogP contribution in [0.1, 0.15) is 25.3 Å². The molecule has 0 radical (unpaired) electrons. The summed E-state index contributed by atoms with van der Waals surface area (Å²) in [5.41, 5.74) is 0.474. The minimum atomic E-state index is -3.67. The molecule has 7 heteroatoms.